The average molecular weight is 398 g/mol. The number of nitrogens with zero attached hydrogens (tertiary/aromatic N) is 2. The summed E-state index contributed by atoms with van der Waals surface area (Å²) >= 11 is 6.04. The molecule has 7 nitrogen and oxygen atoms in total. The van der Waals surface area contributed by atoms with Crippen LogP contribution in [0.1, 0.15) is 39.4 Å². The number of rotatable bonds is 6. The number of carboxylic acids is 1. The molecule has 0 spiro atoms. The summed E-state index contributed by atoms with van der Waals surface area (Å²) in [6.07, 6.45) is 1.31. The zero-order chi connectivity index (χ0) is 20.3. The summed E-state index contributed by atoms with van der Waals surface area (Å²) < 4.78 is 1.10. The largest absolute Gasteiger partial charge is 0.477 e. The number of carboxylic acid groups (broad SMARTS) is 1. The van der Waals surface area contributed by atoms with E-state index in [4.69, 9.17) is 11.6 Å². The normalized spacial score (nSPS) is 11.6. The van der Waals surface area contributed by atoms with E-state index >= 15 is 0 Å². The summed E-state index contributed by atoms with van der Waals surface area (Å²) in [7, 11) is 0. The third kappa shape index (κ3) is 3.94. The first-order valence-electron chi connectivity index (χ1n) is 8.35. The molecule has 1 unspecified atom stereocenters. The van der Waals surface area contributed by atoms with Crippen LogP contribution in [0.5, 0.6) is 0 Å². The lowest BCUT2D eigenvalue weighted by Crippen LogP contribution is -2.27. The molecule has 3 rings (SSSR count). The standard InChI is InChI=1S/C20H16ClN3O4/c1-12(24-17(20(27)28)9-10-22-24)19(26)23-16-8-7-14(21)11-15(16)18(25)13-5-3-2-4-6-13/h2-12H,1H3,(H,23,26)(H,27,28). The third-order valence-electron chi connectivity index (χ3n) is 4.16. The number of hydrogen-bond donors (Lipinski definition) is 2. The van der Waals surface area contributed by atoms with Crippen molar-refractivity contribution >= 4 is 34.9 Å². The molecule has 0 aliphatic carbocycles. The van der Waals surface area contributed by atoms with Crippen molar-refractivity contribution in [3.63, 3.8) is 0 Å². The molecule has 142 valence electrons. The molecule has 0 aliphatic rings. The van der Waals surface area contributed by atoms with E-state index in [0.29, 0.717) is 10.6 Å². The van der Waals surface area contributed by atoms with E-state index in [1.165, 1.54) is 31.3 Å². The molecular formula is C20H16ClN3O4. The molecule has 1 heterocycles. The first kappa shape index (κ1) is 19.3. The van der Waals surface area contributed by atoms with Crippen LogP contribution >= 0.6 is 11.6 Å². The van der Waals surface area contributed by atoms with Crippen LogP contribution in [0.3, 0.4) is 0 Å². The van der Waals surface area contributed by atoms with Gasteiger partial charge in [0.2, 0.25) is 5.91 Å². The summed E-state index contributed by atoms with van der Waals surface area (Å²) in [5.41, 5.74) is 0.852. The highest BCUT2D eigenvalue weighted by Gasteiger charge is 2.23. The molecule has 0 aliphatic heterocycles. The van der Waals surface area contributed by atoms with E-state index in [9.17, 15) is 19.5 Å². The monoisotopic (exact) mass is 397 g/mol. The number of ketones is 1. The van der Waals surface area contributed by atoms with Gasteiger partial charge >= 0.3 is 5.97 Å². The van der Waals surface area contributed by atoms with Gasteiger partial charge in [0.15, 0.2) is 5.78 Å². The minimum atomic E-state index is -1.19. The van der Waals surface area contributed by atoms with Crippen molar-refractivity contribution in [2.75, 3.05) is 5.32 Å². The Labute approximate surface area is 165 Å². The highest BCUT2D eigenvalue weighted by Crippen LogP contribution is 2.25. The predicted octanol–water partition coefficient (Wildman–Crippen LogP) is 3.67. The molecule has 1 amide bonds. The predicted molar refractivity (Wildman–Crippen MR) is 104 cm³/mol. The van der Waals surface area contributed by atoms with Gasteiger partial charge < -0.3 is 10.4 Å². The lowest BCUT2D eigenvalue weighted by molar-refractivity contribution is -0.119. The molecule has 3 aromatic rings. The summed E-state index contributed by atoms with van der Waals surface area (Å²) in [6.45, 7) is 1.52. The summed E-state index contributed by atoms with van der Waals surface area (Å²) in [5.74, 6) is -2.00. The Morgan fingerprint density at radius 3 is 2.50 bits per heavy atom. The van der Waals surface area contributed by atoms with Gasteiger partial charge in [-0.15, -0.1) is 0 Å². The Kier molecular flexibility index (Phi) is 5.56. The van der Waals surface area contributed by atoms with Crippen LogP contribution in [0, 0.1) is 0 Å². The smallest absolute Gasteiger partial charge is 0.354 e. The zero-order valence-electron chi connectivity index (χ0n) is 14.8. The van der Waals surface area contributed by atoms with Crippen molar-refractivity contribution in [2.24, 2.45) is 0 Å². The lowest BCUT2D eigenvalue weighted by atomic mass is 10.0. The van der Waals surface area contributed by atoms with Crippen LogP contribution < -0.4 is 5.32 Å². The fourth-order valence-electron chi connectivity index (χ4n) is 2.70. The summed E-state index contributed by atoms with van der Waals surface area (Å²) in [6, 6.07) is 13.6. The Bertz CT molecular complexity index is 1050. The van der Waals surface area contributed by atoms with Gasteiger partial charge in [-0.1, -0.05) is 41.9 Å². The Balaban J connectivity index is 1.90. The van der Waals surface area contributed by atoms with E-state index < -0.39 is 17.9 Å². The number of benzene rings is 2. The molecule has 0 fully saturated rings. The first-order valence-corrected chi connectivity index (χ1v) is 8.73. The van der Waals surface area contributed by atoms with Crippen LogP contribution in [0.2, 0.25) is 5.02 Å². The van der Waals surface area contributed by atoms with Crippen molar-refractivity contribution in [1.82, 2.24) is 9.78 Å². The molecule has 2 N–H and O–H groups in total. The number of aromatic carboxylic acids is 1. The van der Waals surface area contributed by atoms with Crippen molar-refractivity contribution in [1.29, 1.82) is 0 Å². The number of halogens is 1. The molecular weight excluding hydrogens is 382 g/mol. The van der Waals surface area contributed by atoms with Crippen LogP contribution in [0.15, 0.2) is 60.8 Å². The van der Waals surface area contributed by atoms with Crippen LogP contribution in [-0.2, 0) is 4.79 Å². The van der Waals surface area contributed by atoms with E-state index in [0.717, 1.165) is 4.68 Å². The average Bonchev–Trinajstić information content (AvgIpc) is 3.19. The van der Waals surface area contributed by atoms with Crippen molar-refractivity contribution < 1.29 is 19.5 Å². The maximum Gasteiger partial charge on any atom is 0.354 e. The molecule has 8 heteroatoms. The lowest BCUT2D eigenvalue weighted by Gasteiger charge is -2.16. The fraction of sp³-hybridized carbons (Fsp3) is 0.100. The molecule has 2 aromatic carbocycles. The molecule has 0 radical (unpaired) electrons. The highest BCUT2D eigenvalue weighted by atomic mass is 35.5. The maximum absolute atomic E-state index is 12.8. The minimum absolute atomic E-state index is 0.112. The van der Waals surface area contributed by atoms with E-state index in [2.05, 4.69) is 10.4 Å². The van der Waals surface area contributed by atoms with Crippen molar-refractivity contribution in [3.05, 3.63) is 82.6 Å². The molecule has 1 atom stereocenters. The number of carbonyl (C=O) groups is 3. The highest BCUT2D eigenvalue weighted by molar-refractivity contribution is 6.31. The van der Waals surface area contributed by atoms with Crippen molar-refractivity contribution in [2.45, 2.75) is 13.0 Å². The van der Waals surface area contributed by atoms with E-state index in [1.807, 2.05) is 0 Å². The second kappa shape index (κ2) is 8.06. The Morgan fingerprint density at radius 2 is 1.82 bits per heavy atom. The van der Waals surface area contributed by atoms with Gasteiger partial charge in [-0.25, -0.2) is 9.48 Å². The number of nitrogens with one attached hydrogen (secondary N) is 1. The molecule has 28 heavy (non-hydrogen) atoms. The maximum atomic E-state index is 12.8. The van der Waals surface area contributed by atoms with Crippen LogP contribution in [0.25, 0.3) is 0 Å². The van der Waals surface area contributed by atoms with E-state index in [-0.39, 0.29) is 22.7 Å². The quantitative estimate of drug-likeness (QED) is 0.618. The third-order valence-corrected chi connectivity index (χ3v) is 4.39. The number of carbonyl (C=O) groups excluding carboxylic acids is 2. The second-order valence-corrected chi connectivity index (χ2v) is 6.45. The van der Waals surface area contributed by atoms with Gasteiger partial charge in [-0.05, 0) is 31.2 Å². The number of hydrogen-bond acceptors (Lipinski definition) is 4. The number of amides is 1. The topological polar surface area (TPSA) is 101 Å². The van der Waals surface area contributed by atoms with Crippen LogP contribution in [-0.4, -0.2) is 32.5 Å². The summed E-state index contributed by atoms with van der Waals surface area (Å²) in [5, 5.41) is 16.1. The van der Waals surface area contributed by atoms with Crippen molar-refractivity contribution in [3.8, 4) is 0 Å². The molecule has 0 bridgehead atoms. The van der Waals surface area contributed by atoms with Gasteiger partial charge in [-0.3, -0.25) is 9.59 Å². The number of aromatic nitrogens is 2. The second-order valence-electron chi connectivity index (χ2n) is 6.02. The fourth-order valence-corrected chi connectivity index (χ4v) is 2.87. The van der Waals surface area contributed by atoms with Gasteiger partial charge in [-0.2, -0.15) is 5.10 Å². The molecule has 0 saturated carbocycles. The van der Waals surface area contributed by atoms with Gasteiger partial charge in [0, 0.05) is 22.3 Å². The zero-order valence-corrected chi connectivity index (χ0v) is 15.6. The van der Waals surface area contributed by atoms with Gasteiger partial charge in [0.1, 0.15) is 11.7 Å². The Morgan fingerprint density at radius 1 is 1.11 bits per heavy atom. The SMILES string of the molecule is CC(C(=O)Nc1ccc(Cl)cc1C(=O)c1ccccc1)n1nccc1C(=O)O. The molecule has 0 saturated heterocycles. The van der Waals surface area contributed by atoms with Gasteiger partial charge in [0.05, 0.1) is 5.69 Å². The Hall–Kier alpha value is -3.45. The number of anilines is 1. The van der Waals surface area contributed by atoms with Gasteiger partial charge in [0.25, 0.3) is 0 Å². The first-order chi connectivity index (χ1) is 13.4. The van der Waals surface area contributed by atoms with Crippen LogP contribution in [0.4, 0.5) is 5.69 Å². The summed E-state index contributed by atoms with van der Waals surface area (Å²) in [4.78, 5) is 36.8. The molecule has 1 aromatic heterocycles. The van der Waals surface area contributed by atoms with E-state index in [1.54, 1.807) is 36.4 Å². The minimum Gasteiger partial charge on any atom is -0.477 e.